The number of nitro groups is 1. The molecule has 0 bridgehead atoms. The van der Waals surface area contributed by atoms with Crippen LogP contribution in [0.15, 0.2) is 12.1 Å². The Balaban J connectivity index is 2.80. The monoisotopic (exact) mass is 282 g/mol. The Bertz CT molecular complexity index is 440. The van der Waals surface area contributed by atoms with E-state index in [0.717, 1.165) is 13.0 Å². The standard InChI is InChI=1S/C13H22N4O3/c1-3-7-14-12-5-4-11(17(19)20)13(16-12)15-9-10(2)6-8-18/h4-5,10,18H,3,6-9H2,1-2H3,(H2,14,15,16). The first-order valence-electron chi connectivity index (χ1n) is 6.82. The molecule has 0 saturated carbocycles. The molecule has 20 heavy (non-hydrogen) atoms. The molecule has 1 unspecified atom stereocenters. The zero-order valence-corrected chi connectivity index (χ0v) is 11.9. The summed E-state index contributed by atoms with van der Waals surface area (Å²) in [5.74, 6) is 1.10. The van der Waals surface area contributed by atoms with E-state index in [-0.39, 0.29) is 24.0 Å². The summed E-state index contributed by atoms with van der Waals surface area (Å²) in [6.45, 7) is 5.41. The number of anilines is 2. The molecular formula is C13H22N4O3. The Morgan fingerprint density at radius 3 is 2.80 bits per heavy atom. The van der Waals surface area contributed by atoms with Gasteiger partial charge in [0.15, 0.2) is 0 Å². The Morgan fingerprint density at radius 2 is 2.20 bits per heavy atom. The van der Waals surface area contributed by atoms with Crippen molar-refractivity contribution in [1.82, 2.24) is 4.98 Å². The Kier molecular flexibility index (Phi) is 6.72. The van der Waals surface area contributed by atoms with Gasteiger partial charge in [-0.25, -0.2) is 4.98 Å². The maximum absolute atomic E-state index is 11.0. The van der Waals surface area contributed by atoms with E-state index in [2.05, 4.69) is 15.6 Å². The Hall–Kier alpha value is -1.89. The molecule has 0 aliphatic carbocycles. The van der Waals surface area contributed by atoms with Crippen molar-refractivity contribution >= 4 is 17.3 Å². The summed E-state index contributed by atoms with van der Waals surface area (Å²) in [5, 5.41) is 25.9. The fourth-order valence-electron chi connectivity index (χ4n) is 1.67. The highest BCUT2D eigenvalue weighted by molar-refractivity contribution is 5.60. The number of aliphatic hydroxyl groups excluding tert-OH is 1. The second kappa shape index (κ2) is 8.31. The van der Waals surface area contributed by atoms with Crippen LogP contribution in [0.1, 0.15) is 26.7 Å². The molecule has 0 fully saturated rings. The van der Waals surface area contributed by atoms with E-state index in [1.54, 1.807) is 6.07 Å². The SMILES string of the molecule is CCCNc1ccc([N+](=O)[O-])c(NCC(C)CCO)n1. The van der Waals surface area contributed by atoms with Crippen molar-refractivity contribution in [3.8, 4) is 0 Å². The Labute approximate surface area is 118 Å². The zero-order valence-electron chi connectivity index (χ0n) is 11.9. The number of nitrogens with zero attached hydrogens (tertiary/aromatic N) is 2. The van der Waals surface area contributed by atoms with E-state index >= 15 is 0 Å². The third-order valence-electron chi connectivity index (χ3n) is 2.87. The number of pyridine rings is 1. The summed E-state index contributed by atoms with van der Waals surface area (Å²) in [6.07, 6.45) is 1.60. The summed E-state index contributed by atoms with van der Waals surface area (Å²) in [6, 6.07) is 3.06. The van der Waals surface area contributed by atoms with Crippen LogP contribution < -0.4 is 10.6 Å². The average Bonchev–Trinajstić information content (AvgIpc) is 2.43. The molecule has 0 aliphatic rings. The maximum Gasteiger partial charge on any atom is 0.311 e. The molecule has 1 heterocycles. The van der Waals surface area contributed by atoms with Crippen LogP contribution in [0.25, 0.3) is 0 Å². The van der Waals surface area contributed by atoms with Crippen molar-refractivity contribution in [1.29, 1.82) is 0 Å². The number of hydrogen-bond acceptors (Lipinski definition) is 6. The number of nitrogens with one attached hydrogen (secondary N) is 2. The van der Waals surface area contributed by atoms with Crippen molar-refractivity contribution in [2.45, 2.75) is 26.7 Å². The number of aliphatic hydroxyl groups is 1. The van der Waals surface area contributed by atoms with E-state index in [4.69, 9.17) is 5.11 Å². The first kappa shape index (κ1) is 16.2. The van der Waals surface area contributed by atoms with Crippen LogP contribution in [0, 0.1) is 16.0 Å². The minimum absolute atomic E-state index is 0.0387. The number of rotatable bonds is 9. The van der Waals surface area contributed by atoms with Crippen LogP contribution in [-0.2, 0) is 0 Å². The van der Waals surface area contributed by atoms with Crippen molar-refractivity contribution in [2.75, 3.05) is 30.3 Å². The quantitative estimate of drug-likeness (QED) is 0.474. The zero-order chi connectivity index (χ0) is 15.0. The van der Waals surface area contributed by atoms with Gasteiger partial charge < -0.3 is 15.7 Å². The lowest BCUT2D eigenvalue weighted by atomic mass is 10.1. The van der Waals surface area contributed by atoms with E-state index in [1.165, 1.54) is 6.07 Å². The van der Waals surface area contributed by atoms with Crippen LogP contribution in [0.3, 0.4) is 0 Å². The summed E-state index contributed by atoms with van der Waals surface area (Å²) >= 11 is 0. The van der Waals surface area contributed by atoms with E-state index in [9.17, 15) is 10.1 Å². The predicted octanol–water partition coefficient (Wildman–Crippen LogP) is 2.24. The van der Waals surface area contributed by atoms with Gasteiger partial charge >= 0.3 is 5.69 Å². The molecule has 3 N–H and O–H groups in total. The summed E-state index contributed by atoms with van der Waals surface area (Å²) < 4.78 is 0. The summed E-state index contributed by atoms with van der Waals surface area (Å²) in [5.41, 5.74) is -0.0387. The summed E-state index contributed by atoms with van der Waals surface area (Å²) in [7, 11) is 0. The molecule has 0 amide bonds. The van der Waals surface area contributed by atoms with Crippen LogP contribution >= 0.6 is 0 Å². The van der Waals surface area contributed by atoms with Crippen LogP contribution in [0.5, 0.6) is 0 Å². The third kappa shape index (κ3) is 5.00. The minimum Gasteiger partial charge on any atom is -0.396 e. The second-order valence-corrected chi connectivity index (χ2v) is 4.75. The van der Waals surface area contributed by atoms with Gasteiger partial charge in [0.1, 0.15) is 5.82 Å². The average molecular weight is 282 g/mol. The molecule has 7 nitrogen and oxygen atoms in total. The highest BCUT2D eigenvalue weighted by Crippen LogP contribution is 2.24. The predicted molar refractivity (Wildman–Crippen MR) is 79.0 cm³/mol. The highest BCUT2D eigenvalue weighted by Gasteiger charge is 2.16. The van der Waals surface area contributed by atoms with Crippen molar-refractivity contribution in [3.63, 3.8) is 0 Å². The van der Waals surface area contributed by atoms with Gasteiger partial charge in [-0.05, 0) is 24.8 Å². The van der Waals surface area contributed by atoms with Gasteiger partial charge in [0.05, 0.1) is 4.92 Å². The molecule has 0 aromatic carbocycles. The lowest BCUT2D eigenvalue weighted by Crippen LogP contribution is -2.15. The van der Waals surface area contributed by atoms with E-state index < -0.39 is 4.92 Å². The highest BCUT2D eigenvalue weighted by atomic mass is 16.6. The molecule has 0 radical (unpaired) electrons. The Morgan fingerprint density at radius 1 is 1.45 bits per heavy atom. The topological polar surface area (TPSA) is 100 Å². The molecule has 1 aromatic rings. The second-order valence-electron chi connectivity index (χ2n) is 4.75. The van der Waals surface area contributed by atoms with Gasteiger partial charge in [-0.2, -0.15) is 0 Å². The molecule has 1 atom stereocenters. The third-order valence-corrected chi connectivity index (χ3v) is 2.87. The number of hydrogen-bond donors (Lipinski definition) is 3. The van der Waals surface area contributed by atoms with Gasteiger partial charge in [0.25, 0.3) is 0 Å². The molecule has 1 rings (SSSR count). The van der Waals surface area contributed by atoms with E-state index in [1.807, 2.05) is 13.8 Å². The van der Waals surface area contributed by atoms with Crippen LogP contribution in [0.2, 0.25) is 0 Å². The lowest BCUT2D eigenvalue weighted by molar-refractivity contribution is -0.384. The lowest BCUT2D eigenvalue weighted by Gasteiger charge is -2.13. The van der Waals surface area contributed by atoms with Crippen molar-refractivity contribution in [3.05, 3.63) is 22.2 Å². The first-order valence-corrected chi connectivity index (χ1v) is 6.82. The molecule has 112 valence electrons. The van der Waals surface area contributed by atoms with Crippen LogP contribution in [0.4, 0.5) is 17.3 Å². The normalized spacial score (nSPS) is 11.9. The van der Waals surface area contributed by atoms with Gasteiger partial charge in [0, 0.05) is 25.8 Å². The molecule has 1 aromatic heterocycles. The summed E-state index contributed by atoms with van der Waals surface area (Å²) in [4.78, 5) is 14.8. The number of aromatic nitrogens is 1. The van der Waals surface area contributed by atoms with Gasteiger partial charge in [-0.15, -0.1) is 0 Å². The van der Waals surface area contributed by atoms with Crippen molar-refractivity contribution in [2.24, 2.45) is 5.92 Å². The molecule has 0 spiro atoms. The van der Waals surface area contributed by atoms with Crippen molar-refractivity contribution < 1.29 is 10.0 Å². The smallest absolute Gasteiger partial charge is 0.311 e. The minimum atomic E-state index is -0.449. The molecule has 0 aliphatic heterocycles. The molecule has 7 heteroatoms. The van der Waals surface area contributed by atoms with Gasteiger partial charge in [-0.3, -0.25) is 10.1 Å². The van der Waals surface area contributed by atoms with E-state index in [0.29, 0.717) is 18.8 Å². The maximum atomic E-state index is 11.0. The largest absolute Gasteiger partial charge is 0.396 e. The van der Waals surface area contributed by atoms with Crippen LogP contribution in [-0.4, -0.2) is 34.7 Å². The van der Waals surface area contributed by atoms with Gasteiger partial charge in [-0.1, -0.05) is 13.8 Å². The fourth-order valence-corrected chi connectivity index (χ4v) is 1.67. The first-order chi connectivity index (χ1) is 9.58. The van der Waals surface area contributed by atoms with Gasteiger partial charge in [0.2, 0.25) is 5.82 Å². The fraction of sp³-hybridized carbons (Fsp3) is 0.615. The molecule has 0 saturated heterocycles. The molecular weight excluding hydrogens is 260 g/mol.